The molecule has 1 aliphatic heterocycles. The third-order valence-corrected chi connectivity index (χ3v) is 4.67. The van der Waals surface area contributed by atoms with E-state index < -0.39 is 37.3 Å². The maximum absolute atomic E-state index is 10.2. The van der Waals surface area contributed by atoms with Crippen LogP contribution in [-0.2, 0) is 4.74 Å². The molecular formula is C21H24O9. The van der Waals surface area contributed by atoms with Crippen LogP contribution < -0.4 is 9.47 Å². The monoisotopic (exact) mass is 420 g/mol. The second-order valence-electron chi connectivity index (χ2n) is 6.84. The van der Waals surface area contributed by atoms with Gasteiger partial charge < -0.3 is 44.8 Å². The van der Waals surface area contributed by atoms with Crippen LogP contribution in [0.2, 0.25) is 0 Å². The molecule has 1 fully saturated rings. The molecule has 1 saturated heterocycles. The number of benzene rings is 2. The van der Waals surface area contributed by atoms with Crippen LogP contribution in [0.25, 0.3) is 12.2 Å². The van der Waals surface area contributed by atoms with Crippen molar-refractivity contribution in [2.24, 2.45) is 0 Å². The van der Waals surface area contributed by atoms with Crippen molar-refractivity contribution in [1.29, 1.82) is 0 Å². The van der Waals surface area contributed by atoms with E-state index in [0.29, 0.717) is 16.9 Å². The van der Waals surface area contributed by atoms with E-state index in [-0.39, 0.29) is 17.2 Å². The molecule has 2 aromatic rings. The van der Waals surface area contributed by atoms with Gasteiger partial charge in [-0.1, -0.05) is 18.2 Å². The summed E-state index contributed by atoms with van der Waals surface area (Å²) < 4.78 is 16.3. The van der Waals surface area contributed by atoms with Gasteiger partial charge in [0.1, 0.15) is 35.9 Å². The number of aromatic hydroxyl groups is 2. The van der Waals surface area contributed by atoms with Gasteiger partial charge in [0.25, 0.3) is 0 Å². The van der Waals surface area contributed by atoms with Gasteiger partial charge in [-0.2, -0.15) is 0 Å². The van der Waals surface area contributed by atoms with Crippen LogP contribution in [-0.4, -0.2) is 75.1 Å². The molecule has 5 atom stereocenters. The SMILES string of the molecule is COc1ccc(/C=C/c2cc(O)cc(O)c2)cc1O[C@@H]1O[C@H](CO)[C@@H](O)C(O)[C@H]1O. The smallest absolute Gasteiger partial charge is 0.229 e. The predicted molar refractivity (Wildman–Crippen MR) is 106 cm³/mol. The third kappa shape index (κ3) is 4.84. The highest BCUT2D eigenvalue weighted by Crippen LogP contribution is 2.33. The summed E-state index contributed by atoms with van der Waals surface area (Å²) in [5.74, 6) is 0.383. The standard InChI is InChI=1S/C21H24O9/c1-28-15-5-4-11(2-3-12-6-13(23)9-14(24)7-12)8-16(15)29-21-20(27)19(26)18(25)17(10-22)30-21/h2-9,17-27H,10H2,1H3/b3-2+/t17-,18-,19?,20-,21-/m1/s1. The quantitative estimate of drug-likeness (QED) is 0.366. The van der Waals surface area contributed by atoms with Crippen molar-refractivity contribution in [3.8, 4) is 23.0 Å². The van der Waals surface area contributed by atoms with Gasteiger partial charge in [-0.25, -0.2) is 0 Å². The third-order valence-electron chi connectivity index (χ3n) is 4.67. The van der Waals surface area contributed by atoms with E-state index in [9.17, 15) is 30.6 Å². The van der Waals surface area contributed by atoms with Gasteiger partial charge in [-0.15, -0.1) is 0 Å². The maximum atomic E-state index is 10.2. The van der Waals surface area contributed by atoms with E-state index in [2.05, 4.69) is 0 Å². The Morgan fingerprint density at radius 2 is 1.53 bits per heavy atom. The first kappa shape index (κ1) is 21.9. The summed E-state index contributed by atoms with van der Waals surface area (Å²) in [4.78, 5) is 0. The minimum absolute atomic E-state index is 0.0731. The molecule has 1 heterocycles. The van der Waals surface area contributed by atoms with E-state index in [4.69, 9.17) is 14.2 Å². The minimum Gasteiger partial charge on any atom is -0.508 e. The summed E-state index contributed by atoms with van der Waals surface area (Å²) in [7, 11) is 1.43. The number of methoxy groups -OCH3 is 1. The topological polar surface area (TPSA) is 149 Å². The predicted octanol–water partition coefficient (Wildman–Crippen LogP) is 0.456. The zero-order valence-corrected chi connectivity index (χ0v) is 16.1. The molecule has 30 heavy (non-hydrogen) atoms. The summed E-state index contributed by atoms with van der Waals surface area (Å²) >= 11 is 0. The van der Waals surface area contributed by atoms with Crippen molar-refractivity contribution in [2.75, 3.05) is 13.7 Å². The van der Waals surface area contributed by atoms with Crippen molar-refractivity contribution in [3.05, 3.63) is 47.5 Å². The number of phenolic OH excluding ortho intramolecular Hbond substituents is 2. The number of aliphatic hydroxyl groups excluding tert-OH is 4. The van der Waals surface area contributed by atoms with Gasteiger partial charge in [0.05, 0.1) is 13.7 Å². The van der Waals surface area contributed by atoms with Gasteiger partial charge in [0.2, 0.25) is 6.29 Å². The fraction of sp³-hybridized carbons (Fsp3) is 0.333. The molecule has 0 bridgehead atoms. The fourth-order valence-electron chi connectivity index (χ4n) is 3.09. The zero-order valence-electron chi connectivity index (χ0n) is 16.1. The summed E-state index contributed by atoms with van der Waals surface area (Å²) in [6, 6.07) is 9.13. The van der Waals surface area contributed by atoms with Gasteiger partial charge in [-0.05, 0) is 35.4 Å². The molecule has 0 saturated carbocycles. The Bertz CT molecular complexity index is 876. The Labute approximate surface area is 172 Å². The first-order valence-electron chi connectivity index (χ1n) is 9.18. The first-order chi connectivity index (χ1) is 14.3. The Kier molecular flexibility index (Phi) is 6.80. The molecule has 0 radical (unpaired) electrons. The second-order valence-corrected chi connectivity index (χ2v) is 6.84. The number of phenols is 2. The molecule has 3 rings (SSSR count). The molecule has 162 valence electrons. The average Bonchev–Trinajstić information content (AvgIpc) is 2.72. The average molecular weight is 420 g/mol. The number of hydrogen-bond donors (Lipinski definition) is 6. The van der Waals surface area contributed by atoms with Gasteiger partial charge in [-0.3, -0.25) is 0 Å². The van der Waals surface area contributed by atoms with Gasteiger partial charge in [0, 0.05) is 6.07 Å². The fourth-order valence-corrected chi connectivity index (χ4v) is 3.09. The van der Waals surface area contributed by atoms with E-state index in [1.54, 1.807) is 30.4 Å². The Morgan fingerprint density at radius 3 is 2.17 bits per heavy atom. The van der Waals surface area contributed by atoms with Crippen LogP contribution >= 0.6 is 0 Å². The normalized spacial score (nSPS) is 26.6. The lowest BCUT2D eigenvalue weighted by molar-refractivity contribution is -0.277. The van der Waals surface area contributed by atoms with E-state index >= 15 is 0 Å². The molecule has 0 amide bonds. The van der Waals surface area contributed by atoms with E-state index in [1.165, 1.54) is 25.3 Å². The molecular weight excluding hydrogens is 396 g/mol. The highest BCUT2D eigenvalue weighted by molar-refractivity contribution is 5.72. The first-order valence-corrected chi connectivity index (χ1v) is 9.18. The number of rotatable bonds is 6. The number of hydrogen-bond acceptors (Lipinski definition) is 9. The highest BCUT2D eigenvalue weighted by Gasteiger charge is 2.44. The Balaban J connectivity index is 1.83. The molecule has 0 spiro atoms. The van der Waals surface area contributed by atoms with Crippen molar-refractivity contribution in [1.82, 2.24) is 0 Å². The van der Waals surface area contributed by atoms with Crippen molar-refractivity contribution >= 4 is 12.2 Å². The van der Waals surface area contributed by atoms with Crippen molar-refractivity contribution < 1.29 is 44.8 Å². The molecule has 2 aromatic carbocycles. The molecule has 9 heteroatoms. The van der Waals surface area contributed by atoms with Crippen LogP contribution in [0.4, 0.5) is 0 Å². The molecule has 0 aromatic heterocycles. The van der Waals surface area contributed by atoms with Crippen molar-refractivity contribution in [2.45, 2.75) is 30.7 Å². The summed E-state index contributed by atoms with van der Waals surface area (Å²) in [6.45, 7) is -0.568. The lowest BCUT2D eigenvalue weighted by Gasteiger charge is -2.39. The van der Waals surface area contributed by atoms with Crippen LogP contribution in [0.15, 0.2) is 36.4 Å². The lowest BCUT2D eigenvalue weighted by Crippen LogP contribution is -2.60. The number of aliphatic hydroxyl groups is 4. The van der Waals surface area contributed by atoms with E-state index in [1.807, 2.05) is 0 Å². The summed E-state index contributed by atoms with van der Waals surface area (Å²) in [5, 5.41) is 58.4. The summed E-state index contributed by atoms with van der Waals surface area (Å²) in [5.41, 5.74) is 1.23. The van der Waals surface area contributed by atoms with Crippen LogP contribution in [0, 0.1) is 0 Å². The highest BCUT2D eigenvalue weighted by atomic mass is 16.7. The zero-order chi connectivity index (χ0) is 21.8. The maximum Gasteiger partial charge on any atom is 0.229 e. The number of ether oxygens (including phenoxy) is 3. The molecule has 1 unspecified atom stereocenters. The molecule has 6 N–H and O–H groups in total. The Hall–Kier alpha value is -2.82. The van der Waals surface area contributed by atoms with Gasteiger partial charge >= 0.3 is 0 Å². The Morgan fingerprint density at radius 1 is 0.867 bits per heavy atom. The van der Waals surface area contributed by atoms with Crippen LogP contribution in [0.5, 0.6) is 23.0 Å². The van der Waals surface area contributed by atoms with Crippen LogP contribution in [0.1, 0.15) is 11.1 Å². The van der Waals surface area contributed by atoms with Crippen LogP contribution in [0.3, 0.4) is 0 Å². The molecule has 1 aliphatic rings. The molecule has 9 nitrogen and oxygen atoms in total. The van der Waals surface area contributed by atoms with Gasteiger partial charge in [0.15, 0.2) is 11.5 Å². The lowest BCUT2D eigenvalue weighted by atomic mass is 9.99. The summed E-state index contributed by atoms with van der Waals surface area (Å²) in [6.07, 6.45) is -3.68. The second kappa shape index (κ2) is 9.33. The van der Waals surface area contributed by atoms with Crippen molar-refractivity contribution in [3.63, 3.8) is 0 Å². The minimum atomic E-state index is -1.56. The van der Waals surface area contributed by atoms with E-state index in [0.717, 1.165) is 0 Å². The largest absolute Gasteiger partial charge is 0.508 e. The molecule has 0 aliphatic carbocycles.